The number of rotatable bonds is 7. The molecular formula is C24H23ClFN5O3S. The van der Waals surface area contributed by atoms with Crippen molar-refractivity contribution in [3.63, 3.8) is 0 Å². The molecule has 35 heavy (non-hydrogen) atoms. The Hall–Kier alpha value is -3.47. The van der Waals surface area contributed by atoms with Crippen LogP contribution in [-0.4, -0.2) is 44.7 Å². The third-order valence-electron chi connectivity index (χ3n) is 5.34. The SMILES string of the molecule is C=C(Cl)/C(=C\C(=C/N)c1ccc2ncc(N3CCOCC3)nc2c1)NS(=O)(=O)c1ccc(F)cc1. The highest BCUT2D eigenvalue weighted by Crippen LogP contribution is 2.25. The molecule has 1 fully saturated rings. The monoisotopic (exact) mass is 515 g/mol. The molecule has 0 radical (unpaired) electrons. The van der Waals surface area contributed by atoms with Crippen LogP contribution >= 0.6 is 11.6 Å². The maximum atomic E-state index is 13.2. The van der Waals surface area contributed by atoms with Crippen LogP contribution < -0.4 is 15.4 Å². The van der Waals surface area contributed by atoms with Gasteiger partial charge in [-0.3, -0.25) is 9.71 Å². The maximum absolute atomic E-state index is 13.2. The molecule has 1 aromatic heterocycles. The van der Waals surface area contributed by atoms with E-state index in [4.69, 9.17) is 27.1 Å². The number of nitrogens with one attached hydrogen (secondary N) is 1. The number of hydrogen-bond donors (Lipinski definition) is 2. The molecule has 8 nitrogen and oxygen atoms in total. The fourth-order valence-electron chi connectivity index (χ4n) is 3.49. The van der Waals surface area contributed by atoms with E-state index in [0.29, 0.717) is 35.4 Å². The van der Waals surface area contributed by atoms with Crippen molar-refractivity contribution in [1.82, 2.24) is 14.7 Å². The zero-order chi connectivity index (χ0) is 25.0. The number of nitrogens with zero attached hydrogens (tertiary/aromatic N) is 3. The summed E-state index contributed by atoms with van der Waals surface area (Å²) < 4.78 is 46.5. The number of fused-ring (bicyclic) bond motifs is 1. The summed E-state index contributed by atoms with van der Waals surface area (Å²) in [4.78, 5) is 11.2. The van der Waals surface area contributed by atoms with Gasteiger partial charge in [0.05, 0.1) is 46.1 Å². The van der Waals surface area contributed by atoms with Gasteiger partial charge in [-0.2, -0.15) is 0 Å². The fourth-order valence-corrected chi connectivity index (χ4v) is 4.73. The number of benzene rings is 2. The van der Waals surface area contributed by atoms with Crippen LogP contribution in [0.25, 0.3) is 16.6 Å². The first kappa shape index (κ1) is 24.6. The zero-order valence-corrected chi connectivity index (χ0v) is 20.2. The van der Waals surface area contributed by atoms with Crippen LogP contribution in [0.15, 0.2) is 83.1 Å². The minimum Gasteiger partial charge on any atom is -0.404 e. The summed E-state index contributed by atoms with van der Waals surface area (Å²) >= 11 is 6.10. The lowest BCUT2D eigenvalue weighted by Gasteiger charge is -2.27. The van der Waals surface area contributed by atoms with Gasteiger partial charge in [-0.15, -0.1) is 0 Å². The van der Waals surface area contributed by atoms with Gasteiger partial charge in [0.25, 0.3) is 10.0 Å². The number of aromatic nitrogens is 2. The van der Waals surface area contributed by atoms with Crippen LogP contribution in [-0.2, 0) is 14.8 Å². The second-order valence-electron chi connectivity index (χ2n) is 7.68. The zero-order valence-electron chi connectivity index (χ0n) is 18.6. The molecule has 3 N–H and O–H groups in total. The molecule has 3 aromatic rings. The van der Waals surface area contributed by atoms with Gasteiger partial charge in [0.1, 0.15) is 11.6 Å². The first-order valence-electron chi connectivity index (χ1n) is 10.6. The smallest absolute Gasteiger partial charge is 0.261 e. The lowest BCUT2D eigenvalue weighted by Crippen LogP contribution is -2.36. The van der Waals surface area contributed by atoms with Gasteiger partial charge < -0.3 is 15.4 Å². The van der Waals surface area contributed by atoms with Gasteiger partial charge >= 0.3 is 0 Å². The number of allylic oxidation sites excluding steroid dienone is 3. The van der Waals surface area contributed by atoms with Crippen molar-refractivity contribution >= 4 is 44.0 Å². The molecule has 1 aliphatic heterocycles. The Morgan fingerprint density at radius 3 is 2.54 bits per heavy atom. The van der Waals surface area contributed by atoms with Crippen LogP contribution in [0.5, 0.6) is 0 Å². The molecule has 11 heteroatoms. The summed E-state index contributed by atoms with van der Waals surface area (Å²) in [6.07, 6.45) is 4.52. The third-order valence-corrected chi connectivity index (χ3v) is 6.92. The summed E-state index contributed by atoms with van der Waals surface area (Å²) in [5.41, 5.74) is 8.39. The summed E-state index contributed by atoms with van der Waals surface area (Å²) in [7, 11) is -4.05. The standard InChI is InChI=1S/C24H23ClFN5O3S/c1-16(25)22(30-35(32,33)20-5-3-19(26)4-6-20)13-18(14-27)17-2-7-21-23(12-17)29-24(15-28-21)31-8-10-34-11-9-31/h2-7,12-15,30H,1,8-11,27H2/b18-14+,22-13+. The van der Waals surface area contributed by atoms with Crippen molar-refractivity contribution in [2.45, 2.75) is 4.90 Å². The predicted molar refractivity (Wildman–Crippen MR) is 135 cm³/mol. The van der Waals surface area contributed by atoms with Crippen molar-refractivity contribution in [3.8, 4) is 0 Å². The van der Waals surface area contributed by atoms with Crippen molar-refractivity contribution in [2.75, 3.05) is 31.2 Å². The molecule has 0 unspecified atom stereocenters. The molecule has 0 amide bonds. The minimum atomic E-state index is -4.05. The topological polar surface area (TPSA) is 110 Å². The predicted octanol–water partition coefficient (Wildman–Crippen LogP) is 3.52. The highest BCUT2D eigenvalue weighted by molar-refractivity contribution is 7.89. The number of morpholine rings is 1. The number of ether oxygens (including phenoxy) is 1. The maximum Gasteiger partial charge on any atom is 0.261 e. The molecule has 0 saturated carbocycles. The normalized spacial score (nSPS) is 15.3. The average Bonchev–Trinajstić information content (AvgIpc) is 2.86. The Labute approximate surface area is 207 Å². The number of halogens is 2. The van der Waals surface area contributed by atoms with E-state index in [0.717, 1.165) is 43.2 Å². The number of anilines is 1. The number of nitrogens with two attached hydrogens (primary N) is 1. The van der Waals surface area contributed by atoms with E-state index >= 15 is 0 Å². The molecule has 1 saturated heterocycles. The fraction of sp³-hybridized carbons (Fsp3) is 0.167. The van der Waals surface area contributed by atoms with Crippen molar-refractivity contribution < 1.29 is 17.5 Å². The van der Waals surface area contributed by atoms with Gasteiger partial charge in [-0.05, 0) is 53.6 Å². The summed E-state index contributed by atoms with van der Waals surface area (Å²) in [5.74, 6) is 0.194. The van der Waals surface area contributed by atoms with Gasteiger partial charge in [0, 0.05) is 19.3 Å². The minimum absolute atomic E-state index is 0.0148. The van der Waals surface area contributed by atoms with Gasteiger partial charge in [0.2, 0.25) is 0 Å². The van der Waals surface area contributed by atoms with Crippen LogP contribution in [0.4, 0.5) is 10.2 Å². The van der Waals surface area contributed by atoms with Crippen LogP contribution in [0.1, 0.15) is 5.56 Å². The lowest BCUT2D eigenvalue weighted by atomic mass is 10.0. The Morgan fingerprint density at radius 1 is 1.17 bits per heavy atom. The van der Waals surface area contributed by atoms with Crippen molar-refractivity contribution in [3.05, 3.63) is 89.6 Å². The van der Waals surface area contributed by atoms with Gasteiger partial charge in [0.15, 0.2) is 0 Å². The Morgan fingerprint density at radius 2 is 1.89 bits per heavy atom. The molecule has 182 valence electrons. The number of hydrogen-bond acceptors (Lipinski definition) is 7. The molecule has 0 atom stereocenters. The second-order valence-corrected chi connectivity index (χ2v) is 9.81. The van der Waals surface area contributed by atoms with E-state index in [1.54, 1.807) is 18.3 Å². The molecule has 2 aromatic carbocycles. The molecular weight excluding hydrogens is 493 g/mol. The van der Waals surface area contributed by atoms with E-state index < -0.39 is 15.8 Å². The Kier molecular flexibility index (Phi) is 7.34. The molecule has 0 spiro atoms. The molecule has 4 rings (SSSR count). The molecule has 0 bridgehead atoms. The van der Waals surface area contributed by atoms with Crippen molar-refractivity contribution in [2.24, 2.45) is 5.73 Å². The highest BCUT2D eigenvalue weighted by Gasteiger charge is 2.18. The van der Waals surface area contributed by atoms with Crippen LogP contribution in [0.3, 0.4) is 0 Å². The first-order chi connectivity index (χ1) is 16.8. The lowest BCUT2D eigenvalue weighted by molar-refractivity contribution is 0.122. The third kappa shape index (κ3) is 5.79. The van der Waals surface area contributed by atoms with E-state index in [2.05, 4.69) is 21.2 Å². The van der Waals surface area contributed by atoms with Gasteiger partial charge in [-0.1, -0.05) is 24.2 Å². The average molecular weight is 516 g/mol. The molecule has 2 heterocycles. The molecule has 1 aliphatic rings. The van der Waals surface area contributed by atoms with E-state index in [1.165, 1.54) is 12.3 Å². The van der Waals surface area contributed by atoms with Crippen LogP contribution in [0, 0.1) is 5.82 Å². The van der Waals surface area contributed by atoms with Crippen LogP contribution in [0.2, 0.25) is 0 Å². The van der Waals surface area contributed by atoms with E-state index in [9.17, 15) is 12.8 Å². The Balaban J connectivity index is 1.66. The highest BCUT2D eigenvalue weighted by atomic mass is 35.5. The van der Waals surface area contributed by atoms with Gasteiger partial charge in [-0.25, -0.2) is 17.8 Å². The molecule has 0 aliphatic carbocycles. The quantitative estimate of drug-likeness (QED) is 0.463. The summed E-state index contributed by atoms with van der Waals surface area (Å²) in [6, 6.07) is 9.82. The van der Waals surface area contributed by atoms with E-state index in [1.807, 2.05) is 6.07 Å². The number of sulfonamides is 1. The second kappa shape index (κ2) is 10.4. The summed E-state index contributed by atoms with van der Waals surface area (Å²) in [6.45, 7) is 6.36. The first-order valence-corrected chi connectivity index (χ1v) is 12.5. The van der Waals surface area contributed by atoms with Crippen molar-refractivity contribution in [1.29, 1.82) is 0 Å². The van der Waals surface area contributed by atoms with E-state index in [-0.39, 0.29) is 15.6 Å². The Bertz CT molecular complexity index is 1420. The summed E-state index contributed by atoms with van der Waals surface area (Å²) in [5, 5.41) is -0.0507. The largest absolute Gasteiger partial charge is 0.404 e.